The third kappa shape index (κ3) is 7.72. The van der Waals surface area contributed by atoms with Crippen LogP contribution in [0.15, 0.2) is 61.3 Å². The average molecular weight is 480 g/mol. The number of allylic oxidation sites excluding steroid dienone is 1. The predicted molar refractivity (Wildman–Crippen MR) is 141 cm³/mol. The van der Waals surface area contributed by atoms with Gasteiger partial charge in [-0.3, -0.25) is 4.98 Å². The maximum absolute atomic E-state index is 14.6. The predicted octanol–water partition coefficient (Wildman–Crippen LogP) is 8.52. The van der Waals surface area contributed by atoms with E-state index in [0.29, 0.717) is 11.8 Å². The number of fused-ring (bicyclic) bond motifs is 1. The molecule has 0 radical (unpaired) electrons. The Labute approximate surface area is 207 Å². The van der Waals surface area contributed by atoms with Crippen molar-refractivity contribution in [1.29, 1.82) is 0 Å². The topological polar surface area (TPSA) is 31.4 Å². The number of benzene rings is 2. The Bertz CT molecular complexity index is 1140. The molecule has 3 rings (SSSR count). The Hall–Kier alpha value is -3.05. The number of halogens is 2. The lowest BCUT2D eigenvalue weighted by atomic mass is 10.0. The van der Waals surface area contributed by atoms with E-state index >= 15 is 0 Å². The summed E-state index contributed by atoms with van der Waals surface area (Å²) in [6, 6.07) is 10.7. The third-order valence-corrected chi connectivity index (χ3v) is 5.87. The van der Waals surface area contributed by atoms with Crippen LogP contribution in [0.25, 0.3) is 28.1 Å². The normalized spacial score (nSPS) is 12.3. The van der Waals surface area contributed by atoms with Crippen molar-refractivity contribution in [3.63, 3.8) is 0 Å². The van der Waals surface area contributed by atoms with Gasteiger partial charge in [0, 0.05) is 23.8 Å². The first kappa shape index (κ1) is 26.6. The van der Waals surface area contributed by atoms with Crippen LogP contribution in [0.5, 0.6) is 5.75 Å². The van der Waals surface area contributed by atoms with E-state index in [1.165, 1.54) is 31.1 Å². The van der Waals surface area contributed by atoms with E-state index in [1.54, 1.807) is 12.3 Å². The molecule has 1 unspecified atom stereocenters. The molecule has 0 bridgehead atoms. The first-order valence-corrected chi connectivity index (χ1v) is 12.4. The van der Waals surface area contributed by atoms with E-state index in [9.17, 15) is 8.78 Å². The van der Waals surface area contributed by atoms with Gasteiger partial charge in [-0.05, 0) is 67.8 Å². The van der Waals surface area contributed by atoms with Crippen LogP contribution in [0.2, 0.25) is 0 Å². The van der Waals surface area contributed by atoms with Gasteiger partial charge in [0.05, 0.1) is 11.8 Å². The van der Waals surface area contributed by atoms with Gasteiger partial charge in [0.15, 0.2) is 11.6 Å². The first-order chi connectivity index (χ1) is 17.0. The Morgan fingerprint density at radius 2 is 1.89 bits per heavy atom. The minimum atomic E-state index is -1.02. The average Bonchev–Trinajstić information content (AvgIpc) is 2.87. The van der Waals surface area contributed by atoms with Crippen LogP contribution >= 0.6 is 0 Å². The highest BCUT2D eigenvalue weighted by molar-refractivity contribution is 5.87. The highest BCUT2D eigenvalue weighted by Gasteiger charge is 2.16. The lowest BCUT2D eigenvalue weighted by Gasteiger charge is -2.12. The highest BCUT2D eigenvalue weighted by Crippen LogP contribution is 2.30. The van der Waals surface area contributed by atoms with Gasteiger partial charge in [0.2, 0.25) is 5.82 Å². The number of ether oxygens (including phenoxy) is 2. The molecule has 0 fully saturated rings. The van der Waals surface area contributed by atoms with E-state index in [0.717, 1.165) is 48.6 Å². The van der Waals surface area contributed by atoms with E-state index in [-0.39, 0.29) is 17.9 Å². The van der Waals surface area contributed by atoms with Crippen LogP contribution in [-0.2, 0) is 4.74 Å². The van der Waals surface area contributed by atoms with Gasteiger partial charge in [-0.2, -0.15) is 4.39 Å². The zero-order valence-corrected chi connectivity index (χ0v) is 20.7. The Kier molecular flexibility index (Phi) is 10.4. The molecule has 35 heavy (non-hydrogen) atoms. The lowest BCUT2D eigenvalue weighted by molar-refractivity contribution is 0.0566. The van der Waals surface area contributed by atoms with E-state index in [4.69, 9.17) is 9.47 Å². The minimum absolute atomic E-state index is 0.0999. The molecule has 2 aromatic carbocycles. The zero-order valence-electron chi connectivity index (χ0n) is 20.7. The Morgan fingerprint density at radius 1 is 1.03 bits per heavy atom. The molecule has 0 amide bonds. The standard InChI is InChI=1S/C30H35F2NO2/c1-4-6-10-18-34-22(3)11-8-7-9-12-23-13-14-24-20-27(33-21-25(24)19-23)26-15-16-28(35-17-5-2)30(32)29(26)31/h5,9,12-16,19-22H,2,4,6-8,10-11,17-18H2,1,3H3/b12-9+. The smallest absolute Gasteiger partial charge is 0.201 e. The molecule has 1 atom stereocenters. The van der Waals surface area contributed by atoms with Crippen molar-refractivity contribution in [3.05, 3.63) is 78.5 Å². The first-order valence-electron chi connectivity index (χ1n) is 12.4. The van der Waals surface area contributed by atoms with Crippen molar-refractivity contribution < 1.29 is 18.3 Å². The molecular weight excluding hydrogens is 444 g/mol. The number of aromatic nitrogens is 1. The maximum Gasteiger partial charge on any atom is 0.201 e. The van der Waals surface area contributed by atoms with Gasteiger partial charge in [-0.25, -0.2) is 4.39 Å². The van der Waals surface area contributed by atoms with E-state index in [1.807, 2.05) is 18.2 Å². The summed E-state index contributed by atoms with van der Waals surface area (Å²) in [7, 11) is 0. The second kappa shape index (κ2) is 13.7. The van der Waals surface area contributed by atoms with Crippen molar-refractivity contribution in [3.8, 4) is 17.0 Å². The van der Waals surface area contributed by atoms with E-state index in [2.05, 4.69) is 37.6 Å². The van der Waals surface area contributed by atoms with Crippen molar-refractivity contribution >= 4 is 16.8 Å². The van der Waals surface area contributed by atoms with Gasteiger partial charge in [0.25, 0.3) is 0 Å². The summed E-state index contributed by atoms with van der Waals surface area (Å²) in [5, 5.41) is 1.85. The van der Waals surface area contributed by atoms with Crippen molar-refractivity contribution in [1.82, 2.24) is 4.98 Å². The summed E-state index contributed by atoms with van der Waals surface area (Å²) in [5.41, 5.74) is 1.55. The molecule has 186 valence electrons. The second-order valence-corrected chi connectivity index (χ2v) is 8.74. The number of rotatable bonds is 14. The molecule has 3 nitrogen and oxygen atoms in total. The van der Waals surface area contributed by atoms with Gasteiger partial charge in [-0.1, -0.05) is 56.7 Å². The molecule has 1 aromatic heterocycles. The monoisotopic (exact) mass is 479 g/mol. The molecule has 1 heterocycles. The SMILES string of the molecule is C=CCOc1ccc(-c2cc3ccc(/C=C/CCCC(C)OCCCCC)cc3cn2)c(F)c1F. The summed E-state index contributed by atoms with van der Waals surface area (Å²) in [5.74, 6) is -2.14. The van der Waals surface area contributed by atoms with Crippen LogP contribution in [-0.4, -0.2) is 24.3 Å². The van der Waals surface area contributed by atoms with Crippen molar-refractivity contribution in [2.75, 3.05) is 13.2 Å². The van der Waals surface area contributed by atoms with Crippen molar-refractivity contribution in [2.24, 2.45) is 0 Å². The van der Waals surface area contributed by atoms with Crippen LogP contribution in [0.1, 0.15) is 57.9 Å². The number of pyridine rings is 1. The number of hydrogen-bond acceptors (Lipinski definition) is 3. The molecule has 0 aliphatic carbocycles. The van der Waals surface area contributed by atoms with Crippen LogP contribution < -0.4 is 4.74 Å². The van der Waals surface area contributed by atoms with Gasteiger partial charge in [0.1, 0.15) is 6.61 Å². The van der Waals surface area contributed by atoms with Gasteiger partial charge in [-0.15, -0.1) is 0 Å². The minimum Gasteiger partial charge on any atom is -0.486 e. The van der Waals surface area contributed by atoms with Crippen LogP contribution in [0, 0.1) is 11.6 Å². The van der Waals surface area contributed by atoms with E-state index < -0.39 is 11.6 Å². The van der Waals surface area contributed by atoms with Crippen LogP contribution in [0.4, 0.5) is 8.78 Å². The third-order valence-electron chi connectivity index (χ3n) is 5.87. The summed E-state index contributed by atoms with van der Waals surface area (Å²) in [4.78, 5) is 4.38. The molecule has 0 N–H and O–H groups in total. The molecule has 0 saturated carbocycles. The second-order valence-electron chi connectivity index (χ2n) is 8.74. The summed E-state index contributed by atoms with van der Waals surface area (Å²) in [6.45, 7) is 8.82. The molecule has 0 saturated heterocycles. The van der Waals surface area contributed by atoms with Gasteiger partial charge < -0.3 is 9.47 Å². The fraction of sp³-hybridized carbons (Fsp3) is 0.367. The summed E-state index contributed by atoms with van der Waals surface area (Å²) in [6.07, 6.45) is 14.5. The summed E-state index contributed by atoms with van der Waals surface area (Å²) >= 11 is 0. The Morgan fingerprint density at radius 3 is 2.69 bits per heavy atom. The fourth-order valence-electron chi connectivity index (χ4n) is 3.86. The number of nitrogens with zero attached hydrogens (tertiary/aromatic N) is 1. The number of unbranched alkanes of at least 4 members (excludes halogenated alkanes) is 3. The number of hydrogen-bond donors (Lipinski definition) is 0. The molecular formula is C30H35F2NO2. The lowest BCUT2D eigenvalue weighted by Crippen LogP contribution is -2.08. The van der Waals surface area contributed by atoms with Gasteiger partial charge >= 0.3 is 0 Å². The Balaban J connectivity index is 1.59. The quantitative estimate of drug-likeness (QED) is 0.171. The summed E-state index contributed by atoms with van der Waals surface area (Å²) < 4.78 is 40.0. The maximum atomic E-state index is 14.6. The van der Waals surface area contributed by atoms with Crippen molar-refractivity contribution in [2.45, 2.75) is 58.5 Å². The van der Waals surface area contributed by atoms with Crippen LogP contribution in [0.3, 0.4) is 0 Å². The molecule has 5 heteroatoms. The highest BCUT2D eigenvalue weighted by atomic mass is 19.2. The molecule has 0 aliphatic rings. The fourth-order valence-corrected chi connectivity index (χ4v) is 3.86. The largest absolute Gasteiger partial charge is 0.486 e. The molecule has 3 aromatic rings. The zero-order chi connectivity index (χ0) is 25.0. The molecule has 0 spiro atoms. The molecule has 0 aliphatic heterocycles.